The molecule has 138 valence electrons. The summed E-state index contributed by atoms with van der Waals surface area (Å²) in [6.45, 7) is 4.04. The van der Waals surface area contributed by atoms with Crippen LogP contribution in [0.5, 0.6) is 5.75 Å². The van der Waals surface area contributed by atoms with Crippen molar-refractivity contribution in [1.82, 2.24) is 5.32 Å². The first-order chi connectivity index (χ1) is 12.2. The van der Waals surface area contributed by atoms with Gasteiger partial charge in [-0.05, 0) is 51.2 Å². The second-order valence-electron chi connectivity index (χ2n) is 5.90. The summed E-state index contributed by atoms with van der Waals surface area (Å²) in [6, 6.07) is 5.02. The summed E-state index contributed by atoms with van der Waals surface area (Å²) in [5.74, 6) is 0.467. The lowest BCUT2D eigenvalue weighted by Crippen LogP contribution is -2.30. The Kier molecular flexibility index (Phi) is 8.63. The molecule has 1 aliphatic carbocycles. The van der Waals surface area contributed by atoms with Crippen LogP contribution < -0.4 is 15.4 Å². The zero-order valence-electron chi connectivity index (χ0n) is 14.8. The normalized spacial score (nSPS) is 13.9. The van der Waals surface area contributed by atoms with Crippen LogP contribution in [0.2, 0.25) is 5.02 Å². The third-order valence-corrected chi connectivity index (χ3v) is 4.31. The van der Waals surface area contributed by atoms with E-state index in [1.54, 1.807) is 18.2 Å². The van der Waals surface area contributed by atoms with Crippen LogP contribution in [-0.4, -0.2) is 32.4 Å². The van der Waals surface area contributed by atoms with E-state index in [9.17, 15) is 4.79 Å². The topological polar surface area (TPSA) is 59.6 Å². The predicted molar refractivity (Wildman–Crippen MR) is 102 cm³/mol. The Morgan fingerprint density at radius 3 is 2.92 bits per heavy atom. The lowest BCUT2D eigenvalue weighted by atomic mass is 9.97. The molecule has 0 aromatic heterocycles. The minimum absolute atomic E-state index is 0.256. The number of nitrogens with one attached hydrogen (secondary N) is 2. The zero-order valence-corrected chi connectivity index (χ0v) is 15.5. The van der Waals surface area contributed by atoms with Gasteiger partial charge in [0, 0.05) is 13.2 Å². The fraction of sp³-hybridized carbons (Fsp3) is 0.526. The molecule has 0 atom stereocenters. The van der Waals surface area contributed by atoms with Crippen LogP contribution in [0.1, 0.15) is 39.0 Å². The Hall–Kier alpha value is -1.72. The standard InChI is InChI=1S/C19H27ClN2O3/c1-2-24-13-14-25-18-16(20)9-6-10-17(18)22-19(23)21-12-11-15-7-4-3-5-8-15/h6-7,9-10H,2-5,8,11-14H2,1H3,(H2,21,22,23). The molecule has 6 heteroatoms. The van der Waals surface area contributed by atoms with Gasteiger partial charge in [0.25, 0.3) is 0 Å². The van der Waals surface area contributed by atoms with Crippen molar-refractivity contribution < 1.29 is 14.3 Å². The molecule has 25 heavy (non-hydrogen) atoms. The molecule has 5 nitrogen and oxygen atoms in total. The summed E-state index contributed by atoms with van der Waals surface area (Å²) in [6.07, 6.45) is 8.04. The molecule has 0 aliphatic heterocycles. The first-order valence-electron chi connectivity index (χ1n) is 8.92. The van der Waals surface area contributed by atoms with Gasteiger partial charge >= 0.3 is 6.03 Å². The molecule has 0 saturated carbocycles. The van der Waals surface area contributed by atoms with Crippen LogP contribution in [0.25, 0.3) is 0 Å². The summed E-state index contributed by atoms with van der Waals surface area (Å²) in [4.78, 5) is 12.1. The second-order valence-corrected chi connectivity index (χ2v) is 6.31. The quantitative estimate of drug-likeness (QED) is 0.489. The maximum atomic E-state index is 12.1. The van der Waals surface area contributed by atoms with Gasteiger partial charge in [0.2, 0.25) is 0 Å². The largest absolute Gasteiger partial charge is 0.487 e. The van der Waals surface area contributed by atoms with Gasteiger partial charge in [-0.2, -0.15) is 0 Å². The molecule has 2 amide bonds. The van der Waals surface area contributed by atoms with Crippen molar-refractivity contribution in [2.24, 2.45) is 0 Å². The number of amides is 2. The Labute approximate surface area is 154 Å². The highest BCUT2D eigenvalue weighted by molar-refractivity contribution is 6.32. The highest BCUT2D eigenvalue weighted by Crippen LogP contribution is 2.32. The monoisotopic (exact) mass is 366 g/mol. The molecule has 2 rings (SSSR count). The highest BCUT2D eigenvalue weighted by atomic mass is 35.5. The van der Waals surface area contributed by atoms with E-state index in [0.29, 0.717) is 42.8 Å². The predicted octanol–water partition coefficient (Wildman–Crippen LogP) is 4.77. The molecular weight excluding hydrogens is 340 g/mol. The lowest BCUT2D eigenvalue weighted by Gasteiger charge is -2.15. The molecule has 0 bridgehead atoms. The number of benzene rings is 1. The highest BCUT2D eigenvalue weighted by Gasteiger charge is 2.12. The molecule has 0 spiro atoms. The van der Waals surface area contributed by atoms with Crippen molar-refractivity contribution in [2.75, 3.05) is 31.7 Å². The maximum Gasteiger partial charge on any atom is 0.319 e. The van der Waals surface area contributed by atoms with Gasteiger partial charge in [0.05, 0.1) is 17.3 Å². The number of halogens is 1. The number of rotatable bonds is 9. The summed E-state index contributed by atoms with van der Waals surface area (Å²) < 4.78 is 10.9. The van der Waals surface area contributed by atoms with Gasteiger partial charge in [-0.3, -0.25) is 0 Å². The summed E-state index contributed by atoms with van der Waals surface area (Å²) in [7, 11) is 0. The number of hydrogen-bond donors (Lipinski definition) is 2. The van der Waals surface area contributed by atoms with Gasteiger partial charge in [-0.1, -0.05) is 29.3 Å². The number of para-hydroxylation sites is 1. The van der Waals surface area contributed by atoms with Gasteiger partial charge in [0.1, 0.15) is 6.61 Å². The Balaban J connectivity index is 1.82. The van der Waals surface area contributed by atoms with Gasteiger partial charge in [-0.15, -0.1) is 0 Å². The number of carbonyl (C=O) groups excluding carboxylic acids is 1. The van der Waals surface area contributed by atoms with E-state index in [1.807, 2.05) is 6.92 Å². The Morgan fingerprint density at radius 1 is 1.28 bits per heavy atom. The number of urea groups is 1. The fourth-order valence-corrected chi connectivity index (χ4v) is 2.96. The smallest absolute Gasteiger partial charge is 0.319 e. The van der Waals surface area contributed by atoms with Gasteiger partial charge in [0.15, 0.2) is 5.75 Å². The molecule has 1 aromatic rings. The van der Waals surface area contributed by atoms with Crippen LogP contribution in [0, 0.1) is 0 Å². The van der Waals surface area contributed by atoms with E-state index >= 15 is 0 Å². The average Bonchev–Trinajstić information content (AvgIpc) is 2.61. The molecule has 0 saturated heterocycles. The number of anilines is 1. The minimum atomic E-state index is -0.256. The van der Waals surface area contributed by atoms with E-state index in [0.717, 1.165) is 19.3 Å². The van der Waals surface area contributed by atoms with E-state index < -0.39 is 0 Å². The van der Waals surface area contributed by atoms with Crippen molar-refractivity contribution in [2.45, 2.75) is 39.0 Å². The molecular formula is C19H27ClN2O3. The van der Waals surface area contributed by atoms with E-state index in [-0.39, 0.29) is 6.03 Å². The van der Waals surface area contributed by atoms with Crippen molar-refractivity contribution in [1.29, 1.82) is 0 Å². The molecule has 1 aliphatic rings. The first kappa shape index (κ1) is 19.6. The molecule has 2 N–H and O–H groups in total. The van der Waals surface area contributed by atoms with E-state index in [4.69, 9.17) is 21.1 Å². The van der Waals surface area contributed by atoms with E-state index in [1.165, 1.54) is 18.4 Å². The summed E-state index contributed by atoms with van der Waals surface area (Å²) in [5.41, 5.74) is 1.99. The van der Waals surface area contributed by atoms with Crippen molar-refractivity contribution in [3.05, 3.63) is 34.9 Å². The molecule has 0 heterocycles. The van der Waals surface area contributed by atoms with Crippen LogP contribution in [0.4, 0.5) is 10.5 Å². The van der Waals surface area contributed by atoms with Gasteiger partial charge in [-0.25, -0.2) is 4.79 Å². The summed E-state index contributed by atoms with van der Waals surface area (Å²) >= 11 is 6.19. The minimum Gasteiger partial charge on any atom is -0.487 e. The van der Waals surface area contributed by atoms with E-state index in [2.05, 4.69) is 16.7 Å². The SMILES string of the molecule is CCOCCOc1c(Cl)cccc1NC(=O)NCCC1=CCCCC1. The maximum absolute atomic E-state index is 12.1. The van der Waals surface area contributed by atoms with Crippen molar-refractivity contribution in [3.8, 4) is 5.75 Å². The number of ether oxygens (including phenoxy) is 2. The third-order valence-electron chi connectivity index (χ3n) is 4.01. The summed E-state index contributed by atoms with van der Waals surface area (Å²) in [5, 5.41) is 6.16. The molecule has 0 radical (unpaired) electrons. The number of allylic oxidation sites excluding steroid dienone is 1. The van der Waals surface area contributed by atoms with Crippen LogP contribution >= 0.6 is 11.6 Å². The van der Waals surface area contributed by atoms with Crippen LogP contribution in [-0.2, 0) is 4.74 Å². The number of hydrogen-bond acceptors (Lipinski definition) is 3. The lowest BCUT2D eigenvalue weighted by molar-refractivity contribution is 0.110. The van der Waals surface area contributed by atoms with Crippen molar-refractivity contribution >= 4 is 23.3 Å². The second kappa shape index (κ2) is 11.0. The zero-order chi connectivity index (χ0) is 17.9. The first-order valence-corrected chi connectivity index (χ1v) is 9.30. The average molecular weight is 367 g/mol. The molecule has 0 fully saturated rings. The van der Waals surface area contributed by atoms with Crippen LogP contribution in [0.15, 0.2) is 29.8 Å². The third kappa shape index (κ3) is 6.96. The fourth-order valence-electron chi connectivity index (χ4n) is 2.74. The Bertz CT molecular complexity index is 590. The Morgan fingerprint density at radius 2 is 2.16 bits per heavy atom. The van der Waals surface area contributed by atoms with Gasteiger partial charge < -0.3 is 20.1 Å². The number of carbonyl (C=O) groups is 1. The van der Waals surface area contributed by atoms with Crippen LogP contribution in [0.3, 0.4) is 0 Å². The molecule has 0 unspecified atom stereocenters. The molecule has 1 aromatic carbocycles. The van der Waals surface area contributed by atoms with Crippen molar-refractivity contribution in [3.63, 3.8) is 0 Å².